The molecule has 0 aromatic heterocycles. The molecule has 13 heteroatoms. The van der Waals surface area contributed by atoms with Gasteiger partial charge in [0.2, 0.25) is 0 Å². The van der Waals surface area contributed by atoms with E-state index in [1.165, 1.54) is 9.80 Å². The van der Waals surface area contributed by atoms with E-state index in [2.05, 4.69) is 0 Å². The topological polar surface area (TPSA) is 205 Å². The fourth-order valence-corrected chi connectivity index (χ4v) is 3.52. The van der Waals surface area contributed by atoms with Gasteiger partial charge in [-0.3, -0.25) is 24.3 Å². The number of hydrogen-bond donors (Lipinski definition) is 2. The van der Waals surface area contributed by atoms with Crippen molar-refractivity contribution in [3.8, 4) is 0 Å². The lowest BCUT2D eigenvalue weighted by molar-refractivity contribution is -0.309. The second kappa shape index (κ2) is 10.7. The summed E-state index contributed by atoms with van der Waals surface area (Å²) >= 11 is 0. The fourth-order valence-electron chi connectivity index (χ4n) is 3.52. The van der Waals surface area contributed by atoms with Crippen LogP contribution in [0, 0.1) is 0 Å². The SMILES string of the molecule is O=C([O-])CN1CCN(CC(=O)[O-])CC(CCC(=O)O)(N(CC(=O)[O-])CC(=O)O)C1. The third-order valence-electron chi connectivity index (χ3n) is 4.59. The van der Waals surface area contributed by atoms with Gasteiger partial charge in [0.1, 0.15) is 0 Å². The van der Waals surface area contributed by atoms with Gasteiger partial charge in [0, 0.05) is 57.8 Å². The molecule has 0 atom stereocenters. The van der Waals surface area contributed by atoms with Crippen molar-refractivity contribution >= 4 is 29.8 Å². The maximum absolute atomic E-state index is 11.3. The predicted octanol–water partition coefficient (Wildman–Crippen LogP) is -6.16. The third kappa shape index (κ3) is 8.41. The van der Waals surface area contributed by atoms with E-state index in [9.17, 15) is 44.4 Å². The second-order valence-electron chi connectivity index (χ2n) is 6.91. The van der Waals surface area contributed by atoms with Crippen LogP contribution in [-0.2, 0) is 24.0 Å². The van der Waals surface area contributed by atoms with Crippen molar-refractivity contribution in [2.45, 2.75) is 18.4 Å². The third-order valence-corrected chi connectivity index (χ3v) is 4.59. The second-order valence-corrected chi connectivity index (χ2v) is 6.91. The van der Waals surface area contributed by atoms with Crippen LogP contribution in [0.25, 0.3) is 0 Å². The molecule has 13 nitrogen and oxygen atoms in total. The summed E-state index contributed by atoms with van der Waals surface area (Å²) in [5, 5.41) is 51.7. The molecule has 1 heterocycles. The van der Waals surface area contributed by atoms with Crippen LogP contribution in [0.4, 0.5) is 0 Å². The van der Waals surface area contributed by atoms with Crippen molar-refractivity contribution in [2.24, 2.45) is 0 Å². The molecule has 1 rings (SSSR count). The normalized spacial score (nSPS) is 17.6. The van der Waals surface area contributed by atoms with Crippen LogP contribution >= 0.6 is 0 Å². The molecule has 1 saturated heterocycles. The minimum absolute atomic E-state index is 0.0579. The monoisotopic (exact) mass is 416 g/mol. The van der Waals surface area contributed by atoms with Gasteiger partial charge in [-0.1, -0.05) is 0 Å². The first kappa shape index (κ1) is 24.3. The van der Waals surface area contributed by atoms with E-state index in [1.54, 1.807) is 0 Å². The van der Waals surface area contributed by atoms with Gasteiger partial charge < -0.3 is 39.9 Å². The molecule has 1 aliphatic rings. The quantitative estimate of drug-likeness (QED) is 0.304. The molecule has 1 aliphatic heterocycles. The number of carbonyl (C=O) groups is 5. The molecule has 2 N–H and O–H groups in total. The highest BCUT2D eigenvalue weighted by Gasteiger charge is 2.42. The minimum atomic E-state index is -1.62. The number of rotatable bonds is 12. The van der Waals surface area contributed by atoms with E-state index in [1.807, 2.05) is 0 Å². The molecule has 29 heavy (non-hydrogen) atoms. The van der Waals surface area contributed by atoms with Gasteiger partial charge in [0.15, 0.2) is 0 Å². The lowest BCUT2D eigenvalue weighted by Gasteiger charge is -2.46. The molecule has 0 spiro atoms. The molecule has 164 valence electrons. The van der Waals surface area contributed by atoms with Gasteiger partial charge in [-0.2, -0.15) is 0 Å². The van der Waals surface area contributed by atoms with Gasteiger partial charge in [-0.05, 0) is 6.42 Å². The predicted molar refractivity (Wildman–Crippen MR) is 86.7 cm³/mol. The molecule has 0 aliphatic carbocycles. The average molecular weight is 416 g/mol. The maximum atomic E-state index is 11.3. The van der Waals surface area contributed by atoms with E-state index in [0.29, 0.717) is 0 Å². The highest BCUT2D eigenvalue weighted by molar-refractivity contribution is 5.72. The summed E-state index contributed by atoms with van der Waals surface area (Å²) in [6, 6.07) is 0. The van der Waals surface area contributed by atoms with Gasteiger partial charge in [-0.25, -0.2) is 0 Å². The lowest BCUT2D eigenvalue weighted by Crippen LogP contribution is -2.63. The van der Waals surface area contributed by atoms with Crippen LogP contribution in [0.5, 0.6) is 0 Å². The number of carboxylic acid groups (broad SMARTS) is 5. The first-order chi connectivity index (χ1) is 13.4. The molecule has 0 radical (unpaired) electrons. The van der Waals surface area contributed by atoms with Gasteiger partial charge >= 0.3 is 11.9 Å². The van der Waals surface area contributed by atoms with Crippen molar-refractivity contribution in [2.75, 3.05) is 52.4 Å². The summed E-state index contributed by atoms with van der Waals surface area (Å²) in [4.78, 5) is 59.5. The van der Waals surface area contributed by atoms with Crippen LogP contribution in [0.3, 0.4) is 0 Å². The highest BCUT2D eigenvalue weighted by Crippen LogP contribution is 2.27. The van der Waals surface area contributed by atoms with Crippen molar-refractivity contribution in [1.82, 2.24) is 14.7 Å². The number of carbonyl (C=O) groups excluding carboxylic acids is 3. The maximum Gasteiger partial charge on any atom is 0.317 e. The van der Waals surface area contributed by atoms with Crippen LogP contribution in [0.15, 0.2) is 0 Å². The van der Waals surface area contributed by atoms with Gasteiger partial charge in [-0.15, -0.1) is 0 Å². The Hall–Kier alpha value is -2.77. The Morgan fingerprint density at radius 2 is 1.28 bits per heavy atom. The number of hydrogen-bond acceptors (Lipinski definition) is 11. The highest BCUT2D eigenvalue weighted by atomic mass is 16.4. The zero-order valence-electron chi connectivity index (χ0n) is 15.6. The zero-order valence-corrected chi connectivity index (χ0v) is 15.6. The smallest absolute Gasteiger partial charge is 0.317 e. The molecule has 0 aromatic carbocycles. The van der Waals surface area contributed by atoms with Crippen LogP contribution in [0.2, 0.25) is 0 Å². The van der Waals surface area contributed by atoms with E-state index in [-0.39, 0.29) is 32.6 Å². The summed E-state index contributed by atoms with van der Waals surface area (Å²) < 4.78 is 0. The van der Waals surface area contributed by atoms with Crippen LogP contribution < -0.4 is 15.3 Å². The summed E-state index contributed by atoms with van der Waals surface area (Å²) in [6.45, 7) is -3.14. The Labute approximate surface area is 165 Å². The van der Waals surface area contributed by atoms with E-state index >= 15 is 0 Å². The van der Waals surface area contributed by atoms with Crippen LogP contribution in [-0.4, -0.2) is 113 Å². The molecular formula is C16H22N3O10-3. The van der Waals surface area contributed by atoms with E-state index < -0.39 is 68.0 Å². The number of aliphatic carboxylic acids is 5. The van der Waals surface area contributed by atoms with Gasteiger partial charge in [0.25, 0.3) is 0 Å². The lowest BCUT2D eigenvalue weighted by atomic mass is 9.89. The first-order valence-corrected chi connectivity index (χ1v) is 8.66. The Bertz CT molecular complexity index is 611. The Morgan fingerprint density at radius 3 is 1.62 bits per heavy atom. The number of carboxylic acids is 5. The fraction of sp³-hybridized carbons (Fsp3) is 0.688. The zero-order chi connectivity index (χ0) is 22.2. The summed E-state index contributed by atoms with van der Waals surface area (Å²) in [5.74, 6) is -7.16. The molecule has 0 aromatic rings. The van der Waals surface area contributed by atoms with Crippen molar-refractivity contribution in [3.05, 3.63) is 0 Å². The Kier molecular flexibility index (Phi) is 8.94. The molecule has 1 fully saturated rings. The number of nitrogens with zero attached hydrogens (tertiary/aromatic N) is 3. The van der Waals surface area contributed by atoms with E-state index in [0.717, 1.165) is 4.90 Å². The molecular weight excluding hydrogens is 394 g/mol. The minimum Gasteiger partial charge on any atom is -0.549 e. The summed E-state index contributed by atoms with van der Waals surface area (Å²) in [5.41, 5.74) is -1.49. The van der Waals surface area contributed by atoms with Crippen molar-refractivity contribution in [3.63, 3.8) is 0 Å². The molecule has 0 bridgehead atoms. The van der Waals surface area contributed by atoms with Crippen LogP contribution in [0.1, 0.15) is 12.8 Å². The largest absolute Gasteiger partial charge is 0.549 e. The average Bonchev–Trinajstić information content (AvgIpc) is 2.71. The standard InChI is InChI=1S/C16H25N3O10/c20-11(21)1-2-16(19(7-14(26)27)8-15(28)29)9-17(5-12(22)23)3-4-18(10-16)6-13(24)25/h1-10H2,(H,20,21)(H,22,23)(H,24,25)(H,26,27)(H,28,29)/p-3. The Morgan fingerprint density at radius 1 is 0.793 bits per heavy atom. The summed E-state index contributed by atoms with van der Waals surface area (Å²) in [6.07, 6.45) is -0.739. The van der Waals surface area contributed by atoms with E-state index in [4.69, 9.17) is 5.11 Å². The van der Waals surface area contributed by atoms with Crippen molar-refractivity contribution in [1.29, 1.82) is 0 Å². The molecule has 0 unspecified atom stereocenters. The Balaban J connectivity index is 3.40. The summed E-state index contributed by atoms with van der Waals surface area (Å²) in [7, 11) is 0. The first-order valence-electron chi connectivity index (χ1n) is 8.66. The molecule has 0 amide bonds. The van der Waals surface area contributed by atoms with Crippen molar-refractivity contribution < 1.29 is 49.5 Å². The van der Waals surface area contributed by atoms with Gasteiger partial charge in [0.05, 0.1) is 24.5 Å². The molecule has 0 saturated carbocycles.